The van der Waals surface area contributed by atoms with E-state index < -0.39 is 108 Å². The van der Waals surface area contributed by atoms with E-state index in [4.69, 9.17) is 28.4 Å². The first-order chi connectivity index (χ1) is 21.2. The largest absolute Gasteiger partial charge is 0.463 e. The van der Waals surface area contributed by atoms with E-state index in [0.29, 0.717) is 0 Å². The molecule has 2 N–H and O–H groups in total. The predicted octanol–water partition coefficient (Wildman–Crippen LogP) is 2.42. The highest BCUT2D eigenvalue weighted by Crippen LogP contribution is 2.30. The van der Waals surface area contributed by atoms with E-state index in [9.17, 15) is 39.0 Å². The number of hydrogen-bond donors (Lipinski definition) is 2. The summed E-state index contributed by atoms with van der Waals surface area (Å²) in [5, 5.41) is 22.6. The Morgan fingerprint density at radius 2 is 0.957 bits per heavy atom. The highest BCUT2D eigenvalue weighted by atomic mass is 16.6. The molecule has 1 heterocycles. The first-order valence-electron chi connectivity index (χ1n) is 15.7. The van der Waals surface area contributed by atoms with Gasteiger partial charge in [-0.3, -0.25) is 28.8 Å². The lowest BCUT2D eigenvalue weighted by Crippen LogP contribution is -2.45. The highest BCUT2D eigenvalue weighted by Gasteiger charge is 2.41. The molecule has 1 saturated heterocycles. The van der Waals surface area contributed by atoms with Gasteiger partial charge in [0.1, 0.15) is 36.6 Å². The van der Waals surface area contributed by atoms with Crippen LogP contribution < -0.4 is 0 Å². The lowest BCUT2D eigenvalue weighted by Gasteiger charge is -2.36. The van der Waals surface area contributed by atoms with E-state index in [-0.39, 0.29) is 25.7 Å². The smallest absolute Gasteiger partial charge is 0.311 e. The summed E-state index contributed by atoms with van der Waals surface area (Å²) in [7, 11) is 0. The van der Waals surface area contributed by atoms with Crippen LogP contribution in [0.15, 0.2) is 0 Å². The monoisotopic (exact) mass is 660 g/mol. The molecule has 46 heavy (non-hydrogen) atoms. The third-order valence-corrected chi connectivity index (χ3v) is 8.13. The molecule has 0 saturated carbocycles. The van der Waals surface area contributed by atoms with Crippen LogP contribution in [-0.2, 0) is 57.2 Å². The number of carbonyl (C=O) groups excluding carboxylic acids is 6. The Balaban J connectivity index is 3.66. The molecular formula is C32H52O14. The average molecular weight is 661 g/mol. The molecule has 12 atom stereocenters. The van der Waals surface area contributed by atoms with E-state index in [0.717, 1.165) is 0 Å². The number of aliphatic hydroxyl groups excluding tert-OH is 2. The molecule has 264 valence electrons. The molecule has 0 spiro atoms. The Morgan fingerprint density at radius 3 is 1.22 bits per heavy atom. The van der Waals surface area contributed by atoms with Gasteiger partial charge in [0.25, 0.3) is 0 Å². The fraction of sp³-hybridized carbons (Fsp3) is 0.812. The highest BCUT2D eigenvalue weighted by molar-refractivity contribution is 5.74. The maximum absolute atomic E-state index is 13.4. The standard InChI is InChI=1S/C32H52O14/c1-15(41-21(7)33)11-25-13-27(43-23(9)35)17(3)29(37)20(6)32(40)46-26(12-16(2)42-22(8)34)14-28(44-24(10)36)18(4)30(38)19(5)31(39)45-25/h15-20,25-30,37-38H,11-14H2,1-10H3. The van der Waals surface area contributed by atoms with Gasteiger partial charge in [0.2, 0.25) is 0 Å². The molecule has 12 unspecified atom stereocenters. The Hall–Kier alpha value is -3.26. The van der Waals surface area contributed by atoms with Crippen LogP contribution in [0.1, 0.15) is 94.9 Å². The van der Waals surface area contributed by atoms with Gasteiger partial charge in [-0.15, -0.1) is 0 Å². The van der Waals surface area contributed by atoms with Gasteiger partial charge in [0.15, 0.2) is 0 Å². The predicted molar refractivity (Wildman–Crippen MR) is 160 cm³/mol. The van der Waals surface area contributed by atoms with Gasteiger partial charge in [0, 0.05) is 65.2 Å². The summed E-state index contributed by atoms with van der Waals surface area (Å²) in [4.78, 5) is 74.2. The lowest BCUT2D eigenvalue weighted by molar-refractivity contribution is -0.173. The quantitative estimate of drug-likeness (QED) is 0.284. The van der Waals surface area contributed by atoms with Crippen LogP contribution in [0.25, 0.3) is 0 Å². The molecule has 14 nitrogen and oxygen atoms in total. The van der Waals surface area contributed by atoms with Crippen LogP contribution in [0.5, 0.6) is 0 Å². The zero-order valence-corrected chi connectivity index (χ0v) is 28.6. The second-order valence-electron chi connectivity index (χ2n) is 12.5. The van der Waals surface area contributed by atoms with Crippen molar-refractivity contribution in [2.24, 2.45) is 23.7 Å². The minimum absolute atomic E-state index is 0.000134. The molecule has 0 aliphatic carbocycles. The molecule has 0 radical (unpaired) electrons. The van der Waals surface area contributed by atoms with Gasteiger partial charge < -0.3 is 38.6 Å². The van der Waals surface area contributed by atoms with E-state index >= 15 is 0 Å². The zero-order valence-electron chi connectivity index (χ0n) is 28.6. The second kappa shape index (κ2) is 18.8. The molecule has 1 rings (SSSR count). The SMILES string of the molecule is CC(=O)OC(C)CC1CC(OC(C)=O)C(C)C(O)C(C)C(=O)OC(CC(C)OC(C)=O)CC(OC(C)=O)C(C)C(O)C(C)C(=O)O1. The van der Waals surface area contributed by atoms with Crippen molar-refractivity contribution in [3.8, 4) is 0 Å². The van der Waals surface area contributed by atoms with Gasteiger partial charge in [0.05, 0.1) is 24.0 Å². The van der Waals surface area contributed by atoms with E-state index in [1.165, 1.54) is 41.5 Å². The van der Waals surface area contributed by atoms with Crippen LogP contribution in [-0.4, -0.2) is 94.9 Å². The number of esters is 6. The molecule has 0 aromatic heterocycles. The summed E-state index contributed by atoms with van der Waals surface area (Å²) in [5.41, 5.74) is 0. The zero-order chi connectivity index (χ0) is 35.5. The average Bonchev–Trinajstić information content (AvgIpc) is 2.91. The van der Waals surface area contributed by atoms with Gasteiger partial charge in [-0.05, 0) is 27.7 Å². The summed E-state index contributed by atoms with van der Waals surface area (Å²) in [5.74, 6) is -8.16. The van der Waals surface area contributed by atoms with E-state index in [2.05, 4.69) is 0 Å². The second-order valence-corrected chi connectivity index (χ2v) is 12.5. The Labute approximate surface area is 270 Å². The first kappa shape index (κ1) is 40.8. The number of aliphatic hydroxyl groups is 2. The minimum atomic E-state index is -1.40. The summed E-state index contributed by atoms with van der Waals surface area (Å²) >= 11 is 0. The number of rotatable bonds is 8. The number of ether oxygens (including phenoxy) is 6. The fourth-order valence-electron chi connectivity index (χ4n) is 5.65. The van der Waals surface area contributed by atoms with Crippen molar-refractivity contribution in [1.29, 1.82) is 0 Å². The topological polar surface area (TPSA) is 198 Å². The van der Waals surface area contributed by atoms with Crippen molar-refractivity contribution in [2.75, 3.05) is 0 Å². The Kier molecular flexibility index (Phi) is 16.6. The molecule has 0 aromatic rings. The van der Waals surface area contributed by atoms with Gasteiger partial charge >= 0.3 is 35.8 Å². The third kappa shape index (κ3) is 13.6. The Morgan fingerprint density at radius 1 is 0.652 bits per heavy atom. The van der Waals surface area contributed by atoms with Crippen LogP contribution >= 0.6 is 0 Å². The van der Waals surface area contributed by atoms with Crippen LogP contribution in [0.2, 0.25) is 0 Å². The van der Waals surface area contributed by atoms with Crippen molar-refractivity contribution < 1.29 is 67.4 Å². The van der Waals surface area contributed by atoms with Crippen molar-refractivity contribution in [2.45, 2.75) is 144 Å². The van der Waals surface area contributed by atoms with Gasteiger partial charge in [-0.2, -0.15) is 0 Å². The van der Waals surface area contributed by atoms with E-state index in [1.807, 2.05) is 0 Å². The van der Waals surface area contributed by atoms with Crippen molar-refractivity contribution in [3.63, 3.8) is 0 Å². The van der Waals surface area contributed by atoms with E-state index in [1.54, 1.807) is 27.7 Å². The maximum atomic E-state index is 13.4. The summed E-state index contributed by atoms with van der Waals surface area (Å²) < 4.78 is 33.1. The summed E-state index contributed by atoms with van der Waals surface area (Å²) in [6, 6.07) is 0. The molecule has 0 aromatic carbocycles. The minimum Gasteiger partial charge on any atom is -0.463 e. The molecule has 0 bridgehead atoms. The molecular weight excluding hydrogens is 608 g/mol. The van der Waals surface area contributed by atoms with Gasteiger partial charge in [-0.1, -0.05) is 13.8 Å². The summed E-state index contributed by atoms with van der Waals surface area (Å²) in [6.45, 7) is 14.0. The first-order valence-corrected chi connectivity index (χ1v) is 15.7. The molecule has 0 amide bonds. The number of cyclic esters (lactones) is 2. The Bertz CT molecular complexity index is 977. The van der Waals surface area contributed by atoms with Crippen molar-refractivity contribution in [3.05, 3.63) is 0 Å². The summed E-state index contributed by atoms with van der Waals surface area (Å²) in [6.07, 6.45) is -8.60. The normalized spacial score (nSPS) is 33.0. The van der Waals surface area contributed by atoms with Crippen molar-refractivity contribution in [1.82, 2.24) is 0 Å². The number of carbonyl (C=O) groups is 6. The fourth-order valence-corrected chi connectivity index (χ4v) is 5.65. The third-order valence-electron chi connectivity index (χ3n) is 8.13. The van der Waals surface area contributed by atoms with Gasteiger partial charge in [-0.25, -0.2) is 0 Å². The number of hydrogen-bond acceptors (Lipinski definition) is 14. The lowest BCUT2D eigenvalue weighted by atomic mass is 9.85. The van der Waals surface area contributed by atoms with Crippen LogP contribution in [0.4, 0.5) is 0 Å². The molecule has 1 aliphatic rings. The van der Waals surface area contributed by atoms with Crippen molar-refractivity contribution >= 4 is 35.8 Å². The van der Waals surface area contributed by atoms with Crippen LogP contribution in [0, 0.1) is 23.7 Å². The molecule has 1 fully saturated rings. The molecule has 1 aliphatic heterocycles. The maximum Gasteiger partial charge on any atom is 0.311 e. The van der Waals surface area contributed by atoms with Crippen LogP contribution in [0.3, 0.4) is 0 Å². The molecule has 14 heteroatoms.